The van der Waals surface area contributed by atoms with E-state index in [4.69, 9.17) is 4.74 Å². The quantitative estimate of drug-likeness (QED) is 0.809. The molecule has 21 heavy (non-hydrogen) atoms. The average Bonchev–Trinajstić information content (AvgIpc) is 2.53. The van der Waals surface area contributed by atoms with Crippen molar-refractivity contribution in [1.82, 2.24) is 15.3 Å². The first-order chi connectivity index (χ1) is 10.3. The smallest absolute Gasteiger partial charge is 0.137 e. The van der Waals surface area contributed by atoms with Crippen molar-refractivity contribution in [3.8, 4) is 5.75 Å². The van der Waals surface area contributed by atoms with Gasteiger partial charge in [-0.3, -0.25) is 9.97 Å². The van der Waals surface area contributed by atoms with Crippen molar-refractivity contribution < 1.29 is 4.74 Å². The van der Waals surface area contributed by atoms with Gasteiger partial charge in [0.2, 0.25) is 0 Å². The predicted molar refractivity (Wildman–Crippen MR) is 84.4 cm³/mol. The van der Waals surface area contributed by atoms with Crippen LogP contribution in [0, 0.1) is 0 Å². The standard InChI is InChI=1S/C17H23N3O/c1-3-8-20-17(11-15-7-5-6-9-19-15)14-10-16(21-4-2)13-18-12-14/h5-7,9-10,12-13,17,20H,3-4,8,11H2,1-2H3. The third-order valence-electron chi connectivity index (χ3n) is 3.23. The fraction of sp³-hybridized carbons (Fsp3) is 0.412. The summed E-state index contributed by atoms with van der Waals surface area (Å²) in [6, 6.07) is 8.28. The molecular weight excluding hydrogens is 262 g/mol. The van der Waals surface area contributed by atoms with E-state index < -0.39 is 0 Å². The van der Waals surface area contributed by atoms with E-state index in [-0.39, 0.29) is 6.04 Å². The zero-order chi connectivity index (χ0) is 14.9. The summed E-state index contributed by atoms with van der Waals surface area (Å²) in [5, 5.41) is 3.57. The summed E-state index contributed by atoms with van der Waals surface area (Å²) in [6.07, 6.45) is 7.43. The Morgan fingerprint density at radius 2 is 2.14 bits per heavy atom. The van der Waals surface area contributed by atoms with Gasteiger partial charge in [-0.2, -0.15) is 0 Å². The second-order valence-corrected chi connectivity index (χ2v) is 4.92. The number of hydrogen-bond acceptors (Lipinski definition) is 4. The minimum Gasteiger partial charge on any atom is -0.492 e. The van der Waals surface area contributed by atoms with E-state index in [2.05, 4.69) is 34.3 Å². The van der Waals surface area contributed by atoms with Crippen molar-refractivity contribution in [2.75, 3.05) is 13.2 Å². The average molecular weight is 285 g/mol. The maximum absolute atomic E-state index is 5.55. The second-order valence-electron chi connectivity index (χ2n) is 4.92. The Hall–Kier alpha value is -1.94. The zero-order valence-corrected chi connectivity index (χ0v) is 12.7. The number of hydrogen-bond donors (Lipinski definition) is 1. The molecule has 2 heterocycles. The summed E-state index contributed by atoms with van der Waals surface area (Å²) in [7, 11) is 0. The molecule has 1 atom stereocenters. The maximum Gasteiger partial charge on any atom is 0.137 e. The van der Waals surface area contributed by atoms with Crippen LogP contribution in [0.5, 0.6) is 5.75 Å². The highest BCUT2D eigenvalue weighted by Crippen LogP contribution is 2.21. The highest BCUT2D eigenvalue weighted by atomic mass is 16.5. The summed E-state index contributed by atoms with van der Waals surface area (Å²) >= 11 is 0. The van der Waals surface area contributed by atoms with E-state index in [0.717, 1.165) is 36.4 Å². The maximum atomic E-state index is 5.55. The van der Waals surface area contributed by atoms with E-state index in [1.165, 1.54) is 0 Å². The van der Waals surface area contributed by atoms with Crippen LogP contribution >= 0.6 is 0 Å². The van der Waals surface area contributed by atoms with Gasteiger partial charge in [-0.15, -0.1) is 0 Å². The lowest BCUT2D eigenvalue weighted by molar-refractivity contribution is 0.337. The Labute approximate surface area is 126 Å². The van der Waals surface area contributed by atoms with Gasteiger partial charge in [0.05, 0.1) is 12.8 Å². The normalized spacial score (nSPS) is 12.1. The van der Waals surface area contributed by atoms with Crippen molar-refractivity contribution >= 4 is 0 Å². The Balaban J connectivity index is 2.16. The van der Waals surface area contributed by atoms with E-state index in [1.807, 2.05) is 31.5 Å². The molecule has 2 rings (SSSR count). The van der Waals surface area contributed by atoms with Crippen LogP contribution in [0.2, 0.25) is 0 Å². The summed E-state index contributed by atoms with van der Waals surface area (Å²) in [6.45, 7) is 5.77. The summed E-state index contributed by atoms with van der Waals surface area (Å²) in [5.41, 5.74) is 2.22. The number of pyridine rings is 2. The van der Waals surface area contributed by atoms with Crippen LogP contribution in [-0.2, 0) is 6.42 Å². The van der Waals surface area contributed by atoms with Crippen LogP contribution in [-0.4, -0.2) is 23.1 Å². The van der Waals surface area contributed by atoms with Gasteiger partial charge in [0.15, 0.2) is 0 Å². The SMILES string of the molecule is CCCNC(Cc1ccccn1)c1cncc(OCC)c1. The highest BCUT2D eigenvalue weighted by molar-refractivity contribution is 5.27. The Morgan fingerprint density at radius 3 is 2.86 bits per heavy atom. The molecule has 4 heteroatoms. The van der Waals surface area contributed by atoms with Crippen LogP contribution in [0.4, 0.5) is 0 Å². The van der Waals surface area contributed by atoms with Crippen molar-refractivity contribution in [1.29, 1.82) is 0 Å². The molecule has 0 aliphatic carbocycles. The van der Waals surface area contributed by atoms with Crippen LogP contribution in [0.15, 0.2) is 42.9 Å². The number of aromatic nitrogens is 2. The molecule has 2 aromatic heterocycles. The molecule has 0 spiro atoms. The fourth-order valence-electron chi connectivity index (χ4n) is 2.23. The molecule has 1 N–H and O–H groups in total. The molecule has 0 aliphatic heterocycles. The topological polar surface area (TPSA) is 47.0 Å². The first kappa shape index (κ1) is 15.4. The number of nitrogens with one attached hydrogen (secondary N) is 1. The molecule has 0 aromatic carbocycles. The molecule has 0 fully saturated rings. The Bertz CT molecular complexity index is 531. The molecule has 1 unspecified atom stereocenters. The van der Waals surface area contributed by atoms with E-state index in [1.54, 1.807) is 6.20 Å². The minimum atomic E-state index is 0.202. The van der Waals surface area contributed by atoms with Gasteiger partial charge in [0.1, 0.15) is 5.75 Å². The van der Waals surface area contributed by atoms with Gasteiger partial charge in [-0.1, -0.05) is 13.0 Å². The lowest BCUT2D eigenvalue weighted by Crippen LogP contribution is -2.24. The van der Waals surface area contributed by atoms with Crippen LogP contribution in [0.3, 0.4) is 0 Å². The fourth-order valence-corrected chi connectivity index (χ4v) is 2.23. The lowest BCUT2D eigenvalue weighted by atomic mass is 10.0. The monoisotopic (exact) mass is 285 g/mol. The van der Waals surface area contributed by atoms with Crippen molar-refractivity contribution in [3.63, 3.8) is 0 Å². The summed E-state index contributed by atoms with van der Waals surface area (Å²) in [5.74, 6) is 0.819. The molecule has 0 amide bonds. The van der Waals surface area contributed by atoms with E-state index in [9.17, 15) is 0 Å². The molecule has 0 saturated heterocycles. The van der Waals surface area contributed by atoms with Crippen molar-refractivity contribution in [2.24, 2.45) is 0 Å². The molecule has 0 bridgehead atoms. The summed E-state index contributed by atoms with van der Waals surface area (Å²) in [4.78, 5) is 8.71. The number of ether oxygens (including phenoxy) is 1. The van der Waals surface area contributed by atoms with Crippen molar-refractivity contribution in [3.05, 3.63) is 54.1 Å². The van der Waals surface area contributed by atoms with Gasteiger partial charge in [-0.25, -0.2) is 0 Å². The van der Waals surface area contributed by atoms with Crippen molar-refractivity contribution in [2.45, 2.75) is 32.7 Å². The van der Waals surface area contributed by atoms with E-state index >= 15 is 0 Å². The van der Waals surface area contributed by atoms with Gasteiger partial charge in [0, 0.05) is 30.6 Å². The molecule has 4 nitrogen and oxygen atoms in total. The van der Waals surface area contributed by atoms with Crippen LogP contribution in [0.1, 0.15) is 37.6 Å². The third-order valence-corrected chi connectivity index (χ3v) is 3.23. The van der Waals surface area contributed by atoms with Gasteiger partial charge in [0.25, 0.3) is 0 Å². The summed E-state index contributed by atoms with van der Waals surface area (Å²) < 4.78 is 5.55. The Morgan fingerprint density at radius 1 is 1.24 bits per heavy atom. The van der Waals surface area contributed by atoms with Crippen LogP contribution < -0.4 is 10.1 Å². The van der Waals surface area contributed by atoms with Gasteiger partial charge < -0.3 is 10.1 Å². The lowest BCUT2D eigenvalue weighted by Gasteiger charge is -2.19. The molecule has 0 saturated carbocycles. The van der Waals surface area contributed by atoms with E-state index in [0.29, 0.717) is 6.61 Å². The van der Waals surface area contributed by atoms with Gasteiger partial charge >= 0.3 is 0 Å². The molecule has 2 aromatic rings. The largest absolute Gasteiger partial charge is 0.492 e. The zero-order valence-electron chi connectivity index (χ0n) is 12.7. The third kappa shape index (κ3) is 4.83. The first-order valence-corrected chi connectivity index (χ1v) is 7.54. The second kappa shape index (κ2) is 8.37. The molecular formula is C17H23N3O. The minimum absolute atomic E-state index is 0.202. The molecule has 112 valence electrons. The number of nitrogens with zero attached hydrogens (tertiary/aromatic N) is 2. The molecule has 0 aliphatic rings. The van der Waals surface area contributed by atoms with Crippen LogP contribution in [0.25, 0.3) is 0 Å². The number of rotatable bonds is 8. The predicted octanol–water partition coefficient (Wildman–Crippen LogP) is 3.16. The molecule has 0 radical (unpaired) electrons. The highest BCUT2D eigenvalue weighted by Gasteiger charge is 2.13. The first-order valence-electron chi connectivity index (χ1n) is 7.54. The van der Waals surface area contributed by atoms with Gasteiger partial charge in [-0.05, 0) is 43.7 Å². The Kier molecular flexibility index (Phi) is 6.16.